The van der Waals surface area contributed by atoms with Gasteiger partial charge < -0.3 is 18.9 Å². The summed E-state index contributed by atoms with van der Waals surface area (Å²) in [7, 11) is 0. The quantitative estimate of drug-likeness (QED) is 0.0711. The highest BCUT2D eigenvalue weighted by atomic mass is 16.5. The second kappa shape index (κ2) is 19.8. The van der Waals surface area contributed by atoms with Gasteiger partial charge in [0.05, 0.1) is 26.4 Å². The molecule has 0 radical (unpaired) electrons. The average molecular weight is 637 g/mol. The number of hydrogen-bond acceptors (Lipinski definition) is 6. The second-order valence-corrected chi connectivity index (χ2v) is 11.4. The first-order valence-electron chi connectivity index (χ1n) is 17.0. The number of aryl methyl sites for hydroxylation is 1. The van der Waals surface area contributed by atoms with Gasteiger partial charge in [0.15, 0.2) is 0 Å². The Balaban J connectivity index is 1.24. The Hall–Kier alpha value is -4.58. The second-order valence-electron chi connectivity index (χ2n) is 11.4. The van der Waals surface area contributed by atoms with Gasteiger partial charge in [-0.2, -0.15) is 0 Å². The predicted octanol–water partition coefficient (Wildman–Crippen LogP) is 9.42. The highest BCUT2D eigenvalue weighted by Gasteiger charge is 2.13. The highest BCUT2D eigenvalue weighted by Crippen LogP contribution is 2.29. The standard InChI is InChI=1S/C41H48O6/c1-3-44-40(42)25-15-29-47-39-24-14-19-33(38(39)26-27-41(43)45-4-2)18-8-5-6-11-28-46-37-23-13-22-36(31-37)35-21-12-20-34(30-35)32-16-9-7-10-17-32/h7,9-10,12-14,16-17,19-24,30-31H,3-6,8,11,15,18,25-29H2,1-2H3. The molecule has 0 aliphatic rings. The van der Waals surface area contributed by atoms with Gasteiger partial charge in [-0.3, -0.25) is 9.59 Å². The van der Waals surface area contributed by atoms with Gasteiger partial charge in [-0.1, -0.05) is 85.6 Å². The van der Waals surface area contributed by atoms with Gasteiger partial charge in [0.2, 0.25) is 0 Å². The minimum Gasteiger partial charge on any atom is -0.494 e. The third kappa shape index (κ3) is 11.9. The summed E-state index contributed by atoms with van der Waals surface area (Å²) >= 11 is 0. The van der Waals surface area contributed by atoms with Crippen molar-refractivity contribution in [1.82, 2.24) is 0 Å². The number of carbonyl (C=O) groups is 2. The molecule has 6 heteroatoms. The van der Waals surface area contributed by atoms with E-state index < -0.39 is 0 Å². The van der Waals surface area contributed by atoms with Crippen molar-refractivity contribution < 1.29 is 28.5 Å². The smallest absolute Gasteiger partial charge is 0.306 e. The van der Waals surface area contributed by atoms with Crippen LogP contribution in [0.4, 0.5) is 0 Å². The number of hydrogen-bond donors (Lipinski definition) is 0. The third-order valence-electron chi connectivity index (χ3n) is 7.95. The van der Waals surface area contributed by atoms with Crippen LogP contribution >= 0.6 is 0 Å². The van der Waals surface area contributed by atoms with Crippen LogP contribution in [0, 0.1) is 0 Å². The lowest BCUT2D eigenvalue weighted by Gasteiger charge is -2.16. The van der Waals surface area contributed by atoms with Crippen LogP contribution in [0.2, 0.25) is 0 Å². The Morgan fingerprint density at radius 3 is 1.91 bits per heavy atom. The zero-order valence-corrected chi connectivity index (χ0v) is 27.9. The molecule has 47 heavy (non-hydrogen) atoms. The highest BCUT2D eigenvalue weighted by molar-refractivity contribution is 5.73. The van der Waals surface area contributed by atoms with Gasteiger partial charge in [-0.05, 0) is 104 Å². The zero-order chi connectivity index (χ0) is 33.1. The molecule has 0 fully saturated rings. The number of esters is 2. The number of benzene rings is 4. The lowest BCUT2D eigenvalue weighted by Crippen LogP contribution is -2.10. The molecule has 4 aromatic rings. The molecule has 0 unspecified atom stereocenters. The summed E-state index contributed by atoms with van der Waals surface area (Å²) < 4.78 is 22.4. The van der Waals surface area contributed by atoms with Gasteiger partial charge >= 0.3 is 11.9 Å². The fourth-order valence-corrected chi connectivity index (χ4v) is 5.59. The summed E-state index contributed by atoms with van der Waals surface area (Å²) in [6.45, 7) is 5.46. The van der Waals surface area contributed by atoms with Crippen LogP contribution in [0.3, 0.4) is 0 Å². The monoisotopic (exact) mass is 636 g/mol. The molecule has 0 heterocycles. The molecule has 0 amide bonds. The van der Waals surface area contributed by atoms with E-state index in [2.05, 4.69) is 72.8 Å². The van der Waals surface area contributed by atoms with Crippen LogP contribution < -0.4 is 9.47 Å². The maximum atomic E-state index is 12.1. The summed E-state index contributed by atoms with van der Waals surface area (Å²) in [4.78, 5) is 23.8. The average Bonchev–Trinajstić information content (AvgIpc) is 3.10. The maximum Gasteiger partial charge on any atom is 0.306 e. The lowest BCUT2D eigenvalue weighted by atomic mass is 9.96. The summed E-state index contributed by atoms with van der Waals surface area (Å²) in [5.41, 5.74) is 6.97. The van der Waals surface area contributed by atoms with E-state index in [1.807, 2.05) is 31.2 Å². The molecule has 248 valence electrons. The van der Waals surface area contributed by atoms with Crippen LogP contribution in [0.1, 0.15) is 69.9 Å². The van der Waals surface area contributed by atoms with Crippen LogP contribution in [0.15, 0.2) is 97.1 Å². The van der Waals surface area contributed by atoms with E-state index in [1.165, 1.54) is 22.3 Å². The molecular formula is C41H48O6. The molecule has 0 saturated carbocycles. The molecule has 0 bridgehead atoms. The molecular weight excluding hydrogens is 588 g/mol. The molecule has 0 aromatic heterocycles. The Kier molecular flexibility index (Phi) is 14.9. The van der Waals surface area contributed by atoms with E-state index in [0.717, 1.165) is 54.7 Å². The lowest BCUT2D eigenvalue weighted by molar-refractivity contribution is -0.144. The summed E-state index contributed by atoms with van der Waals surface area (Å²) in [5, 5.41) is 0. The van der Waals surface area contributed by atoms with Gasteiger partial charge in [-0.15, -0.1) is 0 Å². The number of rotatable bonds is 20. The maximum absolute atomic E-state index is 12.1. The SMILES string of the molecule is CCOC(=O)CCCOc1cccc(CCCCCCOc2cccc(-c3cccc(-c4ccccc4)c3)c2)c1CCC(=O)OCC. The largest absolute Gasteiger partial charge is 0.494 e. The van der Waals surface area contributed by atoms with E-state index in [9.17, 15) is 9.59 Å². The Morgan fingerprint density at radius 2 is 1.15 bits per heavy atom. The van der Waals surface area contributed by atoms with E-state index in [0.29, 0.717) is 52.1 Å². The fourth-order valence-electron chi connectivity index (χ4n) is 5.59. The first-order valence-corrected chi connectivity index (χ1v) is 17.0. The summed E-state index contributed by atoms with van der Waals surface area (Å²) in [6, 6.07) is 33.4. The zero-order valence-electron chi connectivity index (χ0n) is 27.9. The molecule has 4 rings (SSSR count). The van der Waals surface area contributed by atoms with Crippen LogP contribution in [0.25, 0.3) is 22.3 Å². The van der Waals surface area contributed by atoms with Crippen LogP contribution in [0.5, 0.6) is 11.5 Å². The molecule has 0 aliphatic carbocycles. The molecule has 0 saturated heterocycles. The Labute approximate surface area is 280 Å². The van der Waals surface area contributed by atoms with Crippen LogP contribution in [-0.4, -0.2) is 38.4 Å². The number of carbonyl (C=O) groups excluding carboxylic acids is 2. The minimum absolute atomic E-state index is 0.207. The number of unbranched alkanes of at least 4 members (excludes halogenated alkanes) is 3. The van der Waals surface area contributed by atoms with Crippen molar-refractivity contribution in [2.24, 2.45) is 0 Å². The Bertz CT molecular complexity index is 1530. The normalized spacial score (nSPS) is 10.8. The van der Waals surface area contributed by atoms with Crippen molar-refractivity contribution in [2.45, 2.75) is 71.6 Å². The van der Waals surface area contributed by atoms with E-state index in [4.69, 9.17) is 18.9 Å². The molecule has 0 N–H and O–H groups in total. The molecule has 6 nitrogen and oxygen atoms in total. The summed E-state index contributed by atoms with van der Waals surface area (Å²) in [5.74, 6) is 1.24. The summed E-state index contributed by atoms with van der Waals surface area (Å²) in [6.07, 6.45) is 6.84. The molecule has 0 atom stereocenters. The predicted molar refractivity (Wildman–Crippen MR) is 188 cm³/mol. The van der Waals surface area contributed by atoms with Crippen LogP contribution in [-0.2, 0) is 31.9 Å². The Morgan fingerprint density at radius 1 is 0.532 bits per heavy atom. The van der Waals surface area contributed by atoms with Gasteiger partial charge in [0, 0.05) is 12.8 Å². The van der Waals surface area contributed by atoms with Crippen molar-refractivity contribution >= 4 is 11.9 Å². The first-order chi connectivity index (χ1) is 23.1. The molecule has 4 aromatic carbocycles. The van der Waals surface area contributed by atoms with E-state index in [1.54, 1.807) is 6.92 Å². The fraction of sp³-hybridized carbons (Fsp3) is 0.366. The number of ether oxygens (including phenoxy) is 4. The van der Waals surface area contributed by atoms with Crippen molar-refractivity contribution in [3.63, 3.8) is 0 Å². The topological polar surface area (TPSA) is 71.1 Å². The minimum atomic E-state index is -0.212. The molecule has 0 spiro atoms. The first kappa shape index (κ1) is 35.3. The van der Waals surface area contributed by atoms with Crippen molar-refractivity contribution in [3.05, 3.63) is 108 Å². The van der Waals surface area contributed by atoms with Gasteiger partial charge in [-0.25, -0.2) is 0 Å². The van der Waals surface area contributed by atoms with E-state index in [-0.39, 0.29) is 11.9 Å². The van der Waals surface area contributed by atoms with Crippen molar-refractivity contribution in [2.75, 3.05) is 26.4 Å². The third-order valence-corrected chi connectivity index (χ3v) is 7.95. The van der Waals surface area contributed by atoms with Crippen molar-refractivity contribution in [3.8, 4) is 33.8 Å². The van der Waals surface area contributed by atoms with Gasteiger partial charge in [0.1, 0.15) is 11.5 Å². The van der Waals surface area contributed by atoms with Crippen molar-refractivity contribution in [1.29, 1.82) is 0 Å². The van der Waals surface area contributed by atoms with Gasteiger partial charge in [0.25, 0.3) is 0 Å². The van der Waals surface area contributed by atoms with E-state index >= 15 is 0 Å². The molecule has 0 aliphatic heterocycles.